The first-order valence-corrected chi connectivity index (χ1v) is 16.4. The summed E-state index contributed by atoms with van der Waals surface area (Å²) < 4.78 is 2.37. The maximum Gasteiger partial charge on any atom is 0.160 e. The first-order chi connectivity index (χ1) is 24.3. The Labute approximate surface area is 284 Å². The molecule has 0 unspecified atom stereocenters. The van der Waals surface area contributed by atoms with E-state index in [1.165, 1.54) is 44.1 Å². The SMILES string of the molecule is c1ccc(-c2ccc3c(c2)c2cc(-c4ccccc4)ccc2n3-c2ccc(-c3cc(-c4ccccn4)nc(-c4ccccc4)n3)cc2)cc1. The Morgan fingerprint density at radius 3 is 1.41 bits per heavy atom. The molecule has 49 heavy (non-hydrogen) atoms. The van der Waals surface area contributed by atoms with Crippen molar-refractivity contribution in [2.75, 3.05) is 0 Å². The largest absolute Gasteiger partial charge is 0.309 e. The van der Waals surface area contributed by atoms with E-state index in [-0.39, 0.29) is 0 Å². The van der Waals surface area contributed by atoms with Crippen LogP contribution in [0.2, 0.25) is 0 Å². The average molecular weight is 627 g/mol. The predicted octanol–water partition coefficient (Wildman–Crippen LogP) is 11.3. The van der Waals surface area contributed by atoms with Crippen LogP contribution in [0.25, 0.3) is 83.8 Å². The van der Waals surface area contributed by atoms with E-state index in [0.717, 1.165) is 33.9 Å². The summed E-state index contributed by atoms with van der Waals surface area (Å²) in [4.78, 5) is 14.5. The van der Waals surface area contributed by atoms with E-state index in [1.54, 1.807) is 6.20 Å². The Morgan fingerprint density at radius 1 is 0.347 bits per heavy atom. The van der Waals surface area contributed by atoms with Crippen molar-refractivity contribution in [2.45, 2.75) is 0 Å². The fraction of sp³-hybridized carbons (Fsp3) is 0. The van der Waals surface area contributed by atoms with Gasteiger partial charge in [-0.05, 0) is 76.9 Å². The summed E-state index contributed by atoms with van der Waals surface area (Å²) >= 11 is 0. The van der Waals surface area contributed by atoms with Crippen molar-refractivity contribution in [3.8, 4) is 62.0 Å². The van der Waals surface area contributed by atoms with Crippen molar-refractivity contribution in [1.82, 2.24) is 19.5 Å². The van der Waals surface area contributed by atoms with Crippen LogP contribution in [0.4, 0.5) is 0 Å². The highest BCUT2D eigenvalue weighted by molar-refractivity contribution is 6.11. The fourth-order valence-electron chi connectivity index (χ4n) is 6.66. The van der Waals surface area contributed by atoms with E-state index in [4.69, 9.17) is 9.97 Å². The lowest BCUT2D eigenvalue weighted by atomic mass is 10.0. The Hall–Kier alpha value is -6.65. The summed E-state index contributed by atoms with van der Waals surface area (Å²) in [7, 11) is 0. The van der Waals surface area contributed by atoms with E-state index < -0.39 is 0 Å². The fourth-order valence-corrected chi connectivity index (χ4v) is 6.66. The molecule has 0 spiro atoms. The number of benzene rings is 6. The molecule has 9 aromatic rings. The smallest absolute Gasteiger partial charge is 0.160 e. The molecule has 6 aromatic carbocycles. The van der Waals surface area contributed by atoms with Gasteiger partial charge in [0.05, 0.1) is 28.1 Å². The van der Waals surface area contributed by atoms with Crippen LogP contribution in [-0.2, 0) is 0 Å². The van der Waals surface area contributed by atoms with Crippen LogP contribution >= 0.6 is 0 Å². The third kappa shape index (κ3) is 5.35. The number of pyridine rings is 1. The quantitative estimate of drug-likeness (QED) is 0.184. The van der Waals surface area contributed by atoms with Crippen LogP contribution in [0.15, 0.2) is 182 Å². The van der Waals surface area contributed by atoms with Crippen molar-refractivity contribution < 1.29 is 0 Å². The molecular weight excluding hydrogens is 597 g/mol. The van der Waals surface area contributed by atoms with Gasteiger partial charge in [0.1, 0.15) is 0 Å². The van der Waals surface area contributed by atoms with E-state index in [1.807, 2.05) is 54.6 Å². The Bertz CT molecular complexity index is 2400. The second kappa shape index (κ2) is 12.2. The molecule has 0 saturated carbocycles. The zero-order chi connectivity index (χ0) is 32.6. The standard InChI is InChI=1S/C45H30N4/c1-4-12-31(13-5-1)35-21-25-43-38(28-35)39-29-36(32-14-6-2-7-15-32)22-26-44(39)49(43)37-23-19-33(20-24-37)41-30-42(40-18-10-11-27-46-40)48-45(47-41)34-16-8-3-9-17-34/h1-30H. The molecule has 0 aliphatic carbocycles. The van der Waals surface area contributed by atoms with E-state index >= 15 is 0 Å². The zero-order valence-corrected chi connectivity index (χ0v) is 26.6. The minimum Gasteiger partial charge on any atom is -0.309 e. The number of hydrogen-bond acceptors (Lipinski definition) is 3. The van der Waals surface area contributed by atoms with Crippen molar-refractivity contribution >= 4 is 21.8 Å². The summed E-state index contributed by atoms with van der Waals surface area (Å²) in [5.74, 6) is 0.675. The molecule has 0 aliphatic rings. The summed E-state index contributed by atoms with van der Waals surface area (Å²) in [6.07, 6.45) is 1.80. The maximum absolute atomic E-state index is 5.02. The van der Waals surface area contributed by atoms with Gasteiger partial charge in [-0.1, -0.05) is 121 Å². The monoisotopic (exact) mass is 626 g/mol. The lowest BCUT2D eigenvalue weighted by Gasteiger charge is -2.11. The lowest BCUT2D eigenvalue weighted by molar-refractivity contribution is 1.16. The molecule has 3 aromatic heterocycles. The molecule has 9 rings (SSSR count). The van der Waals surface area contributed by atoms with Crippen molar-refractivity contribution in [3.05, 3.63) is 182 Å². The summed E-state index contributed by atoms with van der Waals surface area (Å²) in [5, 5.41) is 2.45. The van der Waals surface area contributed by atoms with Gasteiger partial charge in [0.15, 0.2) is 5.82 Å². The minimum atomic E-state index is 0.675. The first-order valence-electron chi connectivity index (χ1n) is 16.4. The molecule has 230 valence electrons. The molecule has 0 atom stereocenters. The van der Waals surface area contributed by atoms with E-state index in [0.29, 0.717) is 5.82 Å². The molecule has 0 bridgehead atoms. The molecule has 0 aliphatic heterocycles. The Morgan fingerprint density at radius 2 is 0.857 bits per heavy atom. The molecule has 0 N–H and O–H groups in total. The van der Waals surface area contributed by atoms with Crippen LogP contribution in [0.3, 0.4) is 0 Å². The average Bonchev–Trinajstić information content (AvgIpc) is 3.52. The molecular formula is C45H30N4. The third-order valence-electron chi connectivity index (χ3n) is 9.09. The third-order valence-corrected chi connectivity index (χ3v) is 9.09. The van der Waals surface area contributed by atoms with Crippen molar-refractivity contribution in [2.24, 2.45) is 0 Å². The van der Waals surface area contributed by atoms with E-state index in [2.05, 4.69) is 131 Å². The van der Waals surface area contributed by atoms with Gasteiger partial charge < -0.3 is 4.57 Å². The summed E-state index contributed by atoms with van der Waals surface area (Å²) in [5.41, 5.74) is 12.7. The molecule has 3 heterocycles. The second-order valence-corrected chi connectivity index (χ2v) is 12.1. The van der Waals surface area contributed by atoms with Gasteiger partial charge in [-0.25, -0.2) is 9.97 Å². The first kappa shape index (κ1) is 28.6. The van der Waals surface area contributed by atoms with Crippen molar-refractivity contribution in [3.63, 3.8) is 0 Å². The van der Waals surface area contributed by atoms with Crippen LogP contribution in [0.5, 0.6) is 0 Å². The number of nitrogens with zero attached hydrogens (tertiary/aromatic N) is 4. The normalized spacial score (nSPS) is 11.3. The van der Waals surface area contributed by atoms with Gasteiger partial charge in [0, 0.05) is 33.8 Å². The van der Waals surface area contributed by atoms with E-state index in [9.17, 15) is 0 Å². The van der Waals surface area contributed by atoms with Gasteiger partial charge in [0.25, 0.3) is 0 Å². The number of fused-ring (bicyclic) bond motifs is 3. The van der Waals surface area contributed by atoms with Gasteiger partial charge >= 0.3 is 0 Å². The van der Waals surface area contributed by atoms with Gasteiger partial charge in [-0.15, -0.1) is 0 Å². The molecule has 0 amide bonds. The second-order valence-electron chi connectivity index (χ2n) is 12.1. The Kier molecular flexibility index (Phi) is 7.10. The lowest BCUT2D eigenvalue weighted by Crippen LogP contribution is -1.97. The molecule has 0 fully saturated rings. The van der Waals surface area contributed by atoms with Crippen LogP contribution < -0.4 is 0 Å². The van der Waals surface area contributed by atoms with Gasteiger partial charge in [-0.2, -0.15) is 0 Å². The highest BCUT2D eigenvalue weighted by atomic mass is 15.0. The minimum absolute atomic E-state index is 0.675. The molecule has 0 radical (unpaired) electrons. The summed E-state index contributed by atoms with van der Waals surface area (Å²) in [6.45, 7) is 0. The topological polar surface area (TPSA) is 43.6 Å². The van der Waals surface area contributed by atoms with Crippen molar-refractivity contribution in [1.29, 1.82) is 0 Å². The molecule has 4 heteroatoms. The van der Waals surface area contributed by atoms with Crippen LogP contribution in [0.1, 0.15) is 0 Å². The number of aromatic nitrogens is 4. The van der Waals surface area contributed by atoms with Gasteiger partial charge in [-0.3, -0.25) is 4.98 Å². The molecule has 4 nitrogen and oxygen atoms in total. The van der Waals surface area contributed by atoms with Crippen LogP contribution in [-0.4, -0.2) is 19.5 Å². The highest BCUT2D eigenvalue weighted by Crippen LogP contribution is 2.38. The molecule has 0 saturated heterocycles. The predicted molar refractivity (Wildman–Crippen MR) is 201 cm³/mol. The zero-order valence-electron chi connectivity index (χ0n) is 26.6. The van der Waals surface area contributed by atoms with Crippen LogP contribution in [0, 0.1) is 0 Å². The number of rotatable bonds is 6. The Balaban J connectivity index is 1.19. The maximum atomic E-state index is 5.02. The summed E-state index contributed by atoms with van der Waals surface area (Å²) in [6, 6.07) is 61.5. The van der Waals surface area contributed by atoms with Gasteiger partial charge in [0.2, 0.25) is 0 Å². The number of hydrogen-bond donors (Lipinski definition) is 0. The highest BCUT2D eigenvalue weighted by Gasteiger charge is 2.16.